The Labute approximate surface area is 363 Å². The number of rotatable bonds is 18. The molecule has 2 aromatic heterocycles. The first-order valence-corrected chi connectivity index (χ1v) is 20.9. The molecule has 0 fully saturated rings. The number of hydrogen-bond acceptors (Lipinski definition) is 12. The number of cyclic esters (lactones) is 1. The maximum absolute atomic E-state index is 13.7. The number of aliphatic hydroxyl groups is 1. The van der Waals surface area contributed by atoms with Gasteiger partial charge in [0.05, 0.1) is 42.2 Å². The van der Waals surface area contributed by atoms with Gasteiger partial charge >= 0.3 is 12.1 Å². The van der Waals surface area contributed by atoms with Gasteiger partial charge in [0.15, 0.2) is 5.60 Å². The molecule has 4 aromatic rings. The molecule has 0 radical (unpaired) electrons. The topological polar surface area (TPSA) is 245 Å². The highest BCUT2D eigenvalue weighted by molar-refractivity contribution is 5.99. The summed E-state index contributed by atoms with van der Waals surface area (Å²) in [7, 11) is 1.45. The van der Waals surface area contributed by atoms with Crippen LogP contribution in [0, 0.1) is 5.92 Å². The lowest BCUT2D eigenvalue weighted by atomic mass is 9.86. The molecule has 2 aromatic carbocycles. The van der Waals surface area contributed by atoms with Crippen LogP contribution >= 0.6 is 0 Å². The van der Waals surface area contributed by atoms with E-state index in [2.05, 4.69) is 26.6 Å². The number of nitrogens with one attached hydrogen (secondary N) is 5. The van der Waals surface area contributed by atoms with E-state index in [0.29, 0.717) is 29.0 Å². The predicted molar refractivity (Wildman–Crippen MR) is 230 cm³/mol. The van der Waals surface area contributed by atoms with E-state index < -0.39 is 66.5 Å². The summed E-state index contributed by atoms with van der Waals surface area (Å²) < 4.78 is 16.5. The summed E-state index contributed by atoms with van der Waals surface area (Å²) in [4.78, 5) is 96.6. The normalized spacial score (nSPS) is 15.9. The van der Waals surface area contributed by atoms with E-state index in [4.69, 9.17) is 19.2 Å². The highest BCUT2D eigenvalue weighted by atomic mass is 16.6. The molecule has 0 aliphatic carbocycles. The zero-order chi connectivity index (χ0) is 45.4. The number of carbonyl (C=O) groups is 6. The van der Waals surface area contributed by atoms with Crippen molar-refractivity contribution < 1.29 is 48.1 Å². The molecule has 4 heterocycles. The molecule has 18 heteroatoms. The molecular formula is C45H53N7O11. The monoisotopic (exact) mass is 867 g/mol. The third kappa shape index (κ3) is 10.3. The minimum atomic E-state index is -1.95. The number of amides is 5. The number of methoxy groups -OCH3 is 1. The second-order valence-electron chi connectivity index (χ2n) is 15.9. The molecule has 2 aliphatic heterocycles. The summed E-state index contributed by atoms with van der Waals surface area (Å²) in [5.41, 5.74) is 2.70. The van der Waals surface area contributed by atoms with Gasteiger partial charge in [0.1, 0.15) is 31.8 Å². The maximum Gasteiger partial charge on any atom is 0.407 e. The van der Waals surface area contributed by atoms with Crippen LogP contribution in [0.5, 0.6) is 0 Å². The Kier molecular flexibility index (Phi) is 14.6. The van der Waals surface area contributed by atoms with E-state index in [1.165, 1.54) is 7.11 Å². The Balaban J connectivity index is 1.14. The van der Waals surface area contributed by atoms with Crippen molar-refractivity contribution in [2.75, 3.05) is 38.7 Å². The van der Waals surface area contributed by atoms with E-state index in [9.17, 15) is 38.7 Å². The number of carbonyl (C=O) groups excluding carboxylic acids is 6. The van der Waals surface area contributed by atoms with E-state index in [1.807, 2.05) is 26.8 Å². The molecule has 0 saturated heterocycles. The Morgan fingerprint density at radius 3 is 2.35 bits per heavy atom. The van der Waals surface area contributed by atoms with Gasteiger partial charge in [0, 0.05) is 35.7 Å². The lowest BCUT2D eigenvalue weighted by molar-refractivity contribution is -0.172. The van der Waals surface area contributed by atoms with Gasteiger partial charge in [-0.25, -0.2) is 14.6 Å². The number of nitrogens with zero attached hydrogens (tertiary/aromatic N) is 2. The predicted octanol–water partition coefficient (Wildman–Crippen LogP) is 2.33. The summed E-state index contributed by atoms with van der Waals surface area (Å²) >= 11 is 0. The van der Waals surface area contributed by atoms with Crippen LogP contribution in [0.1, 0.15) is 68.4 Å². The van der Waals surface area contributed by atoms with Crippen molar-refractivity contribution in [3.63, 3.8) is 0 Å². The Hall–Kier alpha value is -6.66. The summed E-state index contributed by atoms with van der Waals surface area (Å²) in [6.45, 7) is 6.65. The van der Waals surface area contributed by atoms with E-state index >= 15 is 0 Å². The lowest BCUT2D eigenvalue weighted by Crippen LogP contribution is -2.56. The van der Waals surface area contributed by atoms with Gasteiger partial charge < -0.3 is 50.5 Å². The number of pyridine rings is 2. The first-order chi connectivity index (χ1) is 30.2. The minimum absolute atomic E-state index is 0.00311. The standard InChI is InChI=1S/C45H53N7O11/c1-6-28-29-19-27(13-14-33(29)50-39-30(28)23-52-36(39)20-32-31(42(52)57)24-63-43(58)45(32,60)7-2)48-37(53)21-46-40(55)35(18-26-11-9-8-10-12-26)51-41(56)34(17-25(3)4)49-38(54)22-47-44(59)62-16-15-61-5/h8-14,19-20,25,34-35,60H,6-7,15-18,21-24H2,1-5H3,(H,46,55)(H,47,59)(H,48,53)(H,49,54)(H,51,56)/t34-,35-,45-/m0/s1. The maximum atomic E-state index is 13.7. The smallest absolute Gasteiger partial charge is 0.407 e. The van der Waals surface area contributed by atoms with Crippen LogP contribution in [0.2, 0.25) is 0 Å². The third-order valence-electron chi connectivity index (χ3n) is 11.1. The van der Waals surface area contributed by atoms with E-state index in [0.717, 1.165) is 22.1 Å². The molecule has 5 amide bonds. The Bertz CT molecular complexity index is 2470. The number of ether oxygens (including phenoxy) is 3. The molecular weight excluding hydrogens is 815 g/mol. The van der Waals surface area contributed by atoms with Gasteiger partial charge in [-0.3, -0.25) is 24.0 Å². The van der Waals surface area contributed by atoms with Crippen molar-refractivity contribution in [3.05, 3.63) is 92.8 Å². The average Bonchev–Trinajstić information content (AvgIpc) is 3.63. The SMILES string of the molecule is CCc1c2c(nc3ccc(NC(=O)CNC(=O)[C@H](Cc4ccccc4)NC(=O)[C@H](CC(C)C)NC(=O)CNC(=O)OCCOC)cc13)-c1cc3c(c(=O)n1C2)COC(=O)[C@]3(O)CC. The highest BCUT2D eigenvalue weighted by Gasteiger charge is 2.45. The van der Waals surface area contributed by atoms with Gasteiger partial charge in [0.25, 0.3) is 5.56 Å². The number of fused-ring (bicyclic) bond motifs is 5. The average molecular weight is 868 g/mol. The van der Waals surface area contributed by atoms with Gasteiger partial charge in [-0.1, -0.05) is 58.0 Å². The number of aromatic nitrogens is 2. The second-order valence-corrected chi connectivity index (χ2v) is 15.9. The van der Waals surface area contributed by atoms with Crippen LogP contribution in [0.25, 0.3) is 22.3 Å². The van der Waals surface area contributed by atoms with Crippen molar-refractivity contribution in [1.82, 2.24) is 30.8 Å². The minimum Gasteiger partial charge on any atom is -0.458 e. The lowest BCUT2D eigenvalue weighted by Gasteiger charge is -2.31. The molecule has 0 saturated carbocycles. The number of aryl methyl sites for hydroxylation is 1. The van der Waals surface area contributed by atoms with Crippen molar-refractivity contribution in [1.29, 1.82) is 0 Å². The van der Waals surface area contributed by atoms with Crippen molar-refractivity contribution in [3.8, 4) is 11.4 Å². The zero-order valence-corrected chi connectivity index (χ0v) is 35.9. The molecule has 3 atom stereocenters. The first-order valence-electron chi connectivity index (χ1n) is 20.9. The molecule has 0 spiro atoms. The van der Waals surface area contributed by atoms with Crippen LogP contribution in [-0.2, 0) is 69.8 Å². The van der Waals surface area contributed by atoms with Crippen molar-refractivity contribution >= 4 is 52.3 Å². The summed E-state index contributed by atoms with van der Waals surface area (Å²) in [6, 6.07) is 13.7. The Morgan fingerprint density at radius 1 is 0.905 bits per heavy atom. The molecule has 0 bridgehead atoms. The first kappa shape index (κ1) is 45.9. The summed E-state index contributed by atoms with van der Waals surface area (Å²) in [6.07, 6.45) is 0.0876. The molecule has 6 rings (SSSR count). The molecule has 334 valence electrons. The number of alkyl carbamates (subject to hydrolysis) is 1. The highest BCUT2D eigenvalue weighted by Crippen LogP contribution is 2.40. The van der Waals surface area contributed by atoms with Crippen LogP contribution < -0.4 is 32.1 Å². The van der Waals surface area contributed by atoms with Crippen molar-refractivity contribution in [2.24, 2.45) is 5.92 Å². The summed E-state index contributed by atoms with van der Waals surface area (Å²) in [5, 5.41) is 25.2. The van der Waals surface area contributed by atoms with Gasteiger partial charge in [-0.15, -0.1) is 0 Å². The fourth-order valence-corrected chi connectivity index (χ4v) is 7.84. The summed E-state index contributed by atoms with van der Waals surface area (Å²) in [5.74, 6) is -3.26. The zero-order valence-electron chi connectivity index (χ0n) is 35.9. The van der Waals surface area contributed by atoms with Crippen molar-refractivity contribution in [2.45, 2.75) is 84.2 Å². The van der Waals surface area contributed by atoms with Gasteiger partial charge in [-0.2, -0.15) is 0 Å². The number of esters is 1. The number of hydrogen-bond donors (Lipinski definition) is 6. The van der Waals surface area contributed by atoms with Crippen LogP contribution in [-0.4, -0.2) is 95.8 Å². The molecule has 18 nitrogen and oxygen atoms in total. The number of benzene rings is 2. The quantitative estimate of drug-likeness (QED) is 0.0549. The molecule has 0 unspecified atom stereocenters. The fraction of sp³-hybridized carbons (Fsp3) is 0.422. The second kappa shape index (κ2) is 20.0. The van der Waals surface area contributed by atoms with Gasteiger partial charge in [0.2, 0.25) is 23.6 Å². The van der Waals surface area contributed by atoms with E-state index in [-0.39, 0.29) is 68.2 Å². The largest absolute Gasteiger partial charge is 0.458 e. The van der Waals surface area contributed by atoms with Crippen LogP contribution in [0.15, 0.2) is 59.4 Å². The molecule has 6 N–H and O–H groups in total. The van der Waals surface area contributed by atoms with Gasteiger partial charge in [-0.05, 0) is 60.6 Å². The Morgan fingerprint density at radius 2 is 1.65 bits per heavy atom. The molecule has 63 heavy (non-hydrogen) atoms. The third-order valence-corrected chi connectivity index (χ3v) is 11.1. The number of anilines is 1. The molecule has 2 aliphatic rings. The fourth-order valence-electron chi connectivity index (χ4n) is 7.84. The van der Waals surface area contributed by atoms with E-state index in [1.54, 1.807) is 60.0 Å². The van der Waals surface area contributed by atoms with Crippen LogP contribution in [0.4, 0.5) is 10.5 Å². The van der Waals surface area contributed by atoms with Crippen LogP contribution in [0.3, 0.4) is 0 Å².